The molecule has 2 aromatic carbocycles. The van der Waals surface area contributed by atoms with Gasteiger partial charge in [0.2, 0.25) is 0 Å². The number of fused-ring (bicyclic) bond motifs is 4. The van der Waals surface area contributed by atoms with Crippen molar-refractivity contribution < 1.29 is 23.9 Å². The van der Waals surface area contributed by atoms with E-state index in [4.69, 9.17) is 9.47 Å². The minimum absolute atomic E-state index is 0.0442. The molecule has 2 aromatic rings. The quantitative estimate of drug-likeness (QED) is 0.688. The summed E-state index contributed by atoms with van der Waals surface area (Å²) in [6.45, 7) is 5.90. The van der Waals surface area contributed by atoms with Crippen LogP contribution in [-0.2, 0) is 14.3 Å². The molecule has 5 rings (SSSR count). The first-order valence-electron chi connectivity index (χ1n) is 11.4. The van der Waals surface area contributed by atoms with E-state index in [0.717, 1.165) is 22.3 Å². The number of nitrogens with zero attached hydrogens (tertiary/aromatic N) is 2. The van der Waals surface area contributed by atoms with Crippen LogP contribution in [0, 0.1) is 0 Å². The molecule has 7 heteroatoms. The first-order chi connectivity index (χ1) is 15.7. The molecule has 0 aromatic heterocycles. The van der Waals surface area contributed by atoms with E-state index >= 15 is 0 Å². The molecule has 2 unspecified atom stereocenters. The standard InChI is InChI=1S/C26H28N2O5/c1-26(2,3)33-25(31)28-14-22(29)23-21(28)12-13-27(23)24(30)32-15-20-18-10-6-4-8-16(18)17-9-5-7-11-19(17)20/h4-11,20-21,23H,12-15H2,1-3H3. The second-order valence-corrected chi connectivity index (χ2v) is 9.87. The Balaban J connectivity index is 1.28. The van der Waals surface area contributed by atoms with Crippen molar-refractivity contribution in [3.05, 3.63) is 59.7 Å². The van der Waals surface area contributed by atoms with Gasteiger partial charge in [-0.05, 0) is 49.4 Å². The predicted octanol–water partition coefficient (Wildman–Crippen LogP) is 4.20. The van der Waals surface area contributed by atoms with Gasteiger partial charge >= 0.3 is 12.2 Å². The van der Waals surface area contributed by atoms with Crippen LogP contribution in [0.2, 0.25) is 0 Å². The fourth-order valence-corrected chi connectivity index (χ4v) is 5.27. The molecule has 2 heterocycles. The van der Waals surface area contributed by atoms with E-state index in [1.165, 1.54) is 9.80 Å². The summed E-state index contributed by atoms with van der Waals surface area (Å²) in [4.78, 5) is 41.3. The van der Waals surface area contributed by atoms with Gasteiger partial charge in [0.15, 0.2) is 5.78 Å². The van der Waals surface area contributed by atoms with E-state index in [1.807, 2.05) is 24.3 Å². The lowest BCUT2D eigenvalue weighted by molar-refractivity contribution is -0.120. The molecular weight excluding hydrogens is 420 g/mol. The average molecular weight is 449 g/mol. The Morgan fingerprint density at radius 3 is 2.15 bits per heavy atom. The first kappa shape index (κ1) is 21.5. The number of benzene rings is 2. The van der Waals surface area contributed by atoms with Crippen LogP contribution in [0.3, 0.4) is 0 Å². The molecule has 3 aliphatic rings. The SMILES string of the molecule is CC(C)(C)OC(=O)N1CC(=O)C2C1CCN2C(=O)OCC1c2ccccc2-c2ccccc21. The Hall–Kier alpha value is -3.35. The van der Waals surface area contributed by atoms with E-state index in [0.29, 0.717) is 13.0 Å². The first-order valence-corrected chi connectivity index (χ1v) is 11.4. The van der Waals surface area contributed by atoms with Gasteiger partial charge in [-0.1, -0.05) is 48.5 Å². The lowest BCUT2D eigenvalue weighted by Gasteiger charge is -2.27. The maximum atomic E-state index is 13.0. The van der Waals surface area contributed by atoms with Gasteiger partial charge in [0.1, 0.15) is 18.2 Å². The van der Waals surface area contributed by atoms with Crippen LogP contribution in [0.5, 0.6) is 0 Å². The van der Waals surface area contributed by atoms with E-state index in [9.17, 15) is 14.4 Å². The molecule has 2 amide bonds. The number of Topliss-reactive ketones (excluding diaryl/α,β-unsaturated/α-hetero) is 1. The van der Waals surface area contributed by atoms with Crippen LogP contribution in [0.15, 0.2) is 48.5 Å². The zero-order chi connectivity index (χ0) is 23.3. The van der Waals surface area contributed by atoms with Crippen molar-refractivity contribution in [3.63, 3.8) is 0 Å². The monoisotopic (exact) mass is 448 g/mol. The zero-order valence-electron chi connectivity index (χ0n) is 19.1. The number of hydrogen-bond acceptors (Lipinski definition) is 5. The van der Waals surface area contributed by atoms with Crippen molar-refractivity contribution in [1.29, 1.82) is 0 Å². The largest absolute Gasteiger partial charge is 0.448 e. The number of carbonyl (C=O) groups excluding carboxylic acids is 3. The summed E-state index contributed by atoms with van der Waals surface area (Å²) in [5.74, 6) is -0.200. The summed E-state index contributed by atoms with van der Waals surface area (Å²) in [7, 11) is 0. The second-order valence-electron chi connectivity index (χ2n) is 9.87. The summed E-state index contributed by atoms with van der Waals surface area (Å²) in [6.07, 6.45) is -0.499. The zero-order valence-corrected chi connectivity index (χ0v) is 19.1. The van der Waals surface area contributed by atoms with E-state index in [-0.39, 0.29) is 30.9 Å². The van der Waals surface area contributed by atoms with Gasteiger partial charge in [0.25, 0.3) is 0 Å². The van der Waals surface area contributed by atoms with Crippen molar-refractivity contribution in [2.75, 3.05) is 19.7 Å². The average Bonchev–Trinajstić information content (AvgIpc) is 3.43. The molecule has 0 spiro atoms. The highest BCUT2D eigenvalue weighted by molar-refractivity contribution is 5.95. The maximum absolute atomic E-state index is 13.0. The van der Waals surface area contributed by atoms with Crippen LogP contribution >= 0.6 is 0 Å². The predicted molar refractivity (Wildman–Crippen MR) is 122 cm³/mol. The maximum Gasteiger partial charge on any atom is 0.411 e. The third-order valence-electron chi connectivity index (χ3n) is 6.62. The van der Waals surface area contributed by atoms with Crippen LogP contribution in [0.25, 0.3) is 11.1 Å². The minimum Gasteiger partial charge on any atom is -0.448 e. The molecular formula is C26H28N2O5. The molecule has 1 aliphatic carbocycles. The van der Waals surface area contributed by atoms with Crippen molar-refractivity contribution >= 4 is 18.0 Å². The molecule has 7 nitrogen and oxygen atoms in total. The van der Waals surface area contributed by atoms with Gasteiger partial charge in [-0.15, -0.1) is 0 Å². The number of ether oxygens (including phenoxy) is 2. The molecule has 33 heavy (non-hydrogen) atoms. The fourth-order valence-electron chi connectivity index (χ4n) is 5.27. The molecule has 0 saturated carbocycles. The lowest BCUT2D eigenvalue weighted by Crippen LogP contribution is -2.44. The Morgan fingerprint density at radius 2 is 1.55 bits per heavy atom. The highest BCUT2D eigenvalue weighted by atomic mass is 16.6. The summed E-state index contributed by atoms with van der Waals surface area (Å²) in [5.41, 5.74) is 3.95. The summed E-state index contributed by atoms with van der Waals surface area (Å²) < 4.78 is 11.2. The second kappa shape index (κ2) is 7.90. The van der Waals surface area contributed by atoms with E-state index in [2.05, 4.69) is 24.3 Å². The lowest BCUT2D eigenvalue weighted by atomic mass is 9.98. The highest BCUT2D eigenvalue weighted by Gasteiger charge is 2.53. The van der Waals surface area contributed by atoms with E-state index in [1.54, 1.807) is 20.8 Å². The Labute approximate surface area is 193 Å². The number of hydrogen-bond donors (Lipinski definition) is 0. The van der Waals surface area contributed by atoms with Gasteiger partial charge in [-0.25, -0.2) is 9.59 Å². The Morgan fingerprint density at radius 1 is 0.939 bits per heavy atom. The van der Waals surface area contributed by atoms with E-state index < -0.39 is 23.8 Å². The molecule has 0 bridgehead atoms. The van der Waals surface area contributed by atoms with Crippen molar-refractivity contribution in [2.24, 2.45) is 0 Å². The van der Waals surface area contributed by atoms with Crippen LogP contribution in [-0.4, -0.2) is 65.2 Å². The van der Waals surface area contributed by atoms with Crippen LogP contribution < -0.4 is 0 Å². The van der Waals surface area contributed by atoms with Crippen molar-refractivity contribution in [1.82, 2.24) is 9.80 Å². The molecule has 2 aliphatic heterocycles. The number of carbonyl (C=O) groups is 3. The number of amides is 2. The number of rotatable bonds is 2. The third-order valence-corrected chi connectivity index (χ3v) is 6.62. The molecule has 2 saturated heterocycles. The topological polar surface area (TPSA) is 76.2 Å². The Bertz CT molecular complexity index is 1080. The van der Waals surface area contributed by atoms with Crippen LogP contribution in [0.1, 0.15) is 44.2 Å². The molecule has 2 fully saturated rings. The summed E-state index contributed by atoms with van der Waals surface area (Å²) in [6, 6.07) is 15.3. The number of likely N-dealkylation sites (tertiary alicyclic amines) is 2. The number of ketones is 1. The van der Waals surface area contributed by atoms with Gasteiger partial charge < -0.3 is 9.47 Å². The van der Waals surface area contributed by atoms with Gasteiger partial charge in [0, 0.05) is 12.5 Å². The van der Waals surface area contributed by atoms with Gasteiger partial charge in [-0.3, -0.25) is 14.6 Å². The normalized spacial score (nSPS) is 21.6. The van der Waals surface area contributed by atoms with Crippen molar-refractivity contribution in [2.45, 2.75) is 50.8 Å². The fraction of sp³-hybridized carbons (Fsp3) is 0.423. The Kier molecular flexibility index (Phi) is 5.15. The summed E-state index contributed by atoms with van der Waals surface area (Å²) in [5, 5.41) is 0. The summed E-state index contributed by atoms with van der Waals surface area (Å²) >= 11 is 0. The smallest absolute Gasteiger partial charge is 0.411 e. The molecule has 172 valence electrons. The van der Waals surface area contributed by atoms with Crippen LogP contribution in [0.4, 0.5) is 9.59 Å². The minimum atomic E-state index is -0.673. The molecule has 2 atom stereocenters. The van der Waals surface area contributed by atoms with Crippen molar-refractivity contribution in [3.8, 4) is 11.1 Å². The van der Waals surface area contributed by atoms with Gasteiger partial charge in [0.05, 0.1) is 12.6 Å². The van der Waals surface area contributed by atoms with Gasteiger partial charge in [-0.2, -0.15) is 0 Å². The molecule has 0 N–H and O–H groups in total. The molecule has 0 radical (unpaired) electrons. The third kappa shape index (κ3) is 3.75. The highest BCUT2D eigenvalue weighted by Crippen LogP contribution is 2.44.